The first kappa shape index (κ1) is 16.8. The van der Waals surface area contributed by atoms with Gasteiger partial charge >= 0.3 is 0 Å². The summed E-state index contributed by atoms with van der Waals surface area (Å²) in [6.07, 6.45) is 1.62. The molecule has 6 nitrogen and oxygen atoms in total. The Bertz CT molecular complexity index is 841. The highest BCUT2D eigenvalue weighted by Gasteiger charge is 2.15. The molecule has 128 valence electrons. The second kappa shape index (κ2) is 7.70. The standard InChI is InChI=1S/C19H21N5O/c1-13-6-3-4-7-16(13)22-21-15-9-10-17(14(2)12-15)23-24-18-8-5-11-20-19(18)25/h3-4,6-7,9-10,12,23H,5,8,11H2,1-2H3,(H,20,25)/b22-21?,24-18-. The van der Waals surface area contributed by atoms with Gasteiger partial charge in [0.25, 0.3) is 5.91 Å². The normalized spacial score (nSPS) is 16.2. The van der Waals surface area contributed by atoms with Gasteiger partial charge in [-0.2, -0.15) is 15.3 Å². The van der Waals surface area contributed by atoms with E-state index in [-0.39, 0.29) is 5.91 Å². The molecule has 1 saturated heterocycles. The van der Waals surface area contributed by atoms with Crippen LogP contribution in [-0.4, -0.2) is 18.2 Å². The van der Waals surface area contributed by atoms with Crippen LogP contribution in [0, 0.1) is 13.8 Å². The molecule has 6 heteroatoms. The van der Waals surface area contributed by atoms with Crippen LogP contribution in [0.4, 0.5) is 17.1 Å². The van der Waals surface area contributed by atoms with Crippen molar-refractivity contribution in [3.05, 3.63) is 53.6 Å². The number of aryl methyl sites for hydroxylation is 2. The van der Waals surface area contributed by atoms with E-state index >= 15 is 0 Å². The fraction of sp³-hybridized carbons (Fsp3) is 0.263. The van der Waals surface area contributed by atoms with Crippen LogP contribution in [0.1, 0.15) is 24.0 Å². The van der Waals surface area contributed by atoms with E-state index in [9.17, 15) is 4.79 Å². The van der Waals surface area contributed by atoms with Gasteiger partial charge in [-0.1, -0.05) is 18.2 Å². The molecule has 0 bridgehead atoms. The summed E-state index contributed by atoms with van der Waals surface area (Å²) in [7, 11) is 0. The third kappa shape index (κ3) is 4.29. The molecule has 0 spiro atoms. The molecule has 25 heavy (non-hydrogen) atoms. The predicted octanol–water partition coefficient (Wildman–Crippen LogP) is 4.40. The number of nitrogens with one attached hydrogen (secondary N) is 2. The number of piperidine rings is 1. The molecule has 1 aliphatic rings. The maximum atomic E-state index is 11.7. The lowest BCUT2D eigenvalue weighted by molar-refractivity contribution is -0.115. The van der Waals surface area contributed by atoms with Crippen molar-refractivity contribution in [3.63, 3.8) is 0 Å². The monoisotopic (exact) mass is 335 g/mol. The van der Waals surface area contributed by atoms with Crippen molar-refractivity contribution >= 4 is 28.7 Å². The number of nitrogens with zero attached hydrogens (tertiary/aromatic N) is 3. The van der Waals surface area contributed by atoms with E-state index in [2.05, 4.69) is 26.1 Å². The minimum absolute atomic E-state index is 0.0972. The first-order valence-corrected chi connectivity index (χ1v) is 8.32. The fourth-order valence-corrected chi connectivity index (χ4v) is 2.53. The summed E-state index contributed by atoms with van der Waals surface area (Å²) in [5.74, 6) is -0.0972. The number of benzene rings is 2. The van der Waals surface area contributed by atoms with Crippen LogP contribution in [0.25, 0.3) is 0 Å². The molecule has 0 radical (unpaired) electrons. The van der Waals surface area contributed by atoms with Crippen LogP contribution in [0.5, 0.6) is 0 Å². The molecule has 0 aliphatic carbocycles. The SMILES string of the molecule is Cc1ccccc1N=Nc1ccc(N/N=C2/CCCNC2=O)c(C)c1. The van der Waals surface area contributed by atoms with Crippen LogP contribution in [0.2, 0.25) is 0 Å². The van der Waals surface area contributed by atoms with E-state index in [0.29, 0.717) is 12.1 Å². The summed E-state index contributed by atoms with van der Waals surface area (Å²) in [5, 5.41) is 15.6. The highest BCUT2D eigenvalue weighted by molar-refractivity contribution is 6.39. The van der Waals surface area contributed by atoms with E-state index in [1.807, 2.05) is 56.3 Å². The number of azo groups is 1. The zero-order valence-electron chi connectivity index (χ0n) is 14.4. The summed E-state index contributed by atoms with van der Waals surface area (Å²) in [6.45, 7) is 4.70. The van der Waals surface area contributed by atoms with Crippen LogP contribution in [-0.2, 0) is 4.79 Å². The van der Waals surface area contributed by atoms with Gasteiger partial charge in [0, 0.05) is 6.54 Å². The lowest BCUT2D eigenvalue weighted by Gasteiger charge is -2.14. The van der Waals surface area contributed by atoms with Crippen molar-refractivity contribution in [1.82, 2.24) is 5.32 Å². The third-order valence-electron chi connectivity index (χ3n) is 4.05. The maximum Gasteiger partial charge on any atom is 0.267 e. The predicted molar refractivity (Wildman–Crippen MR) is 99.8 cm³/mol. The van der Waals surface area contributed by atoms with Gasteiger partial charge in [-0.3, -0.25) is 10.2 Å². The highest BCUT2D eigenvalue weighted by Crippen LogP contribution is 2.25. The molecule has 2 N–H and O–H groups in total. The summed E-state index contributed by atoms with van der Waals surface area (Å²) >= 11 is 0. The van der Waals surface area contributed by atoms with Crippen molar-refractivity contribution in [1.29, 1.82) is 0 Å². The Morgan fingerprint density at radius 3 is 2.64 bits per heavy atom. The summed E-state index contributed by atoms with van der Waals surface area (Å²) in [6, 6.07) is 13.6. The van der Waals surface area contributed by atoms with Gasteiger partial charge < -0.3 is 5.32 Å². The van der Waals surface area contributed by atoms with Crippen molar-refractivity contribution in [2.75, 3.05) is 12.0 Å². The smallest absolute Gasteiger partial charge is 0.267 e. The summed E-state index contributed by atoms with van der Waals surface area (Å²) < 4.78 is 0. The first-order chi connectivity index (χ1) is 12.1. The van der Waals surface area contributed by atoms with E-state index in [1.54, 1.807) is 0 Å². The lowest BCUT2D eigenvalue weighted by Crippen LogP contribution is -2.37. The molecule has 2 aromatic rings. The lowest BCUT2D eigenvalue weighted by atomic mass is 10.1. The molecule has 1 aliphatic heterocycles. The van der Waals surface area contributed by atoms with Gasteiger partial charge in [0.1, 0.15) is 5.71 Å². The van der Waals surface area contributed by atoms with Gasteiger partial charge in [0.05, 0.1) is 17.1 Å². The molecule has 0 atom stereocenters. The van der Waals surface area contributed by atoms with Crippen molar-refractivity contribution < 1.29 is 4.79 Å². The third-order valence-corrected chi connectivity index (χ3v) is 4.05. The van der Waals surface area contributed by atoms with Gasteiger partial charge in [-0.15, -0.1) is 0 Å². The molecule has 2 aromatic carbocycles. The van der Waals surface area contributed by atoms with Crippen molar-refractivity contribution in [3.8, 4) is 0 Å². The van der Waals surface area contributed by atoms with Crippen LogP contribution in [0.3, 0.4) is 0 Å². The average molecular weight is 335 g/mol. The van der Waals surface area contributed by atoms with Crippen molar-refractivity contribution in [2.45, 2.75) is 26.7 Å². The summed E-state index contributed by atoms with van der Waals surface area (Å²) in [5.41, 5.74) is 8.07. The van der Waals surface area contributed by atoms with Crippen LogP contribution < -0.4 is 10.7 Å². The minimum Gasteiger partial charge on any atom is -0.351 e. The summed E-state index contributed by atoms with van der Waals surface area (Å²) in [4.78, 5) is 11.7. The second-order valence-corrected chi connectivity index (χ2v) is 6.02. The quantitative estimate of drug-likeness (QED) is 0.642. The van der Waals surface area contributed by atoms with E-state index in [0.717, 1.165) is 41.2 Å². The second-order valence-electron chi connectivity index (χ2n) is 6.02. The number of carbonyl (C=O) groups is 1. The Labute approximate surface area is 147 Å². The molecule has 1 heterocycles. The largest absolute Gasteiger partial charge is 0.351 e. The number of anilines is 1. The Kier molecular flexibility index (Phi) is 5.18. The van der Waals surface area contributed by atoms with E-state index < -0.39 is 0 Å². The first-order valence-electron chi connectivity index (χ1n) is 8.32. The Balaban J connectivity index is 1.71. The molecular weight excluding hydrogens is 314 g/mol. The van der Waals surface area contributed by atoms with E-state index in [4.69, 9.17) is 0 Å². The zero-order valence-corrected chi connectivity index (χ0v) is 14.4. The molecule has 1 fully saturated rings. The van der Waals surface area contributed by atoms with Gasteiger partial charge in [0.15, 0.2) is 0 Å². The molecule has 0 unspecified atom stereocenters. The Morgan fingerprint density at radius 1 is 1.04 bits per heavy atom. The van der Waals surface area contributed by atoms with E-state index in [1.165, 1.54) is 0 Å². The van der Waals surface area contributed by atoms with Gasteiger partial charge in [0.2, 0.25) is 0 Å². The molecular formula is C19H21N5O. The van der Waals surface area contributed by atoms with Crippen LogP contribution in [0.15, 0.2) is 57.8 Å². The minimum atomic E-state index is -0.0972. The number of hydrazone groups is 1. The molecule has 0 aromatic heterocycles. The molecule has 3 rings (SSSR count). The van der Waals surface area contributed by atoms with Gasteiger partial charge in [-0.25, -0.2) is 0 Å². The number of hydrogen-bond acceptors (Lipinski definition) is 5. The fourth-order valence-electron chi connectivity index (χ4n) is 2.53. The maximum absolute atomic E-state index is 11.7. The van der Waals surface area contributed by atoms with Gasteiger partial charge in [-0.05, 0) is 62.1 Å². The number of carbonyl (C=O) groups excluding carboxylic acids is 1. The average Bonchev–Trinajstić information content (AvgIpc) is 2.61. The van der Waals surface area contributed by atoms with Crippen LogP contribution >= 0.6 is 0 Å². The Hall–Kier alpha value is -3.02. The highest BCUT2D eigenvalue weighted by atomic mass is 16.2. The number of rotatable bonds is 4. The zero-order chi connectivity index (χ0) is 17.6. The topological polar surface area (TPSA) is 78.2 Å². The molecule has 0 saturated carbocycles. The Morgan fingerprint density at radius 2 is 1.88 bits per heavy atom. The van der Waals surface area contributed by atoms with Crippen molar-refractivity contribution in [2.24, 2.45) is 15.3 Å². The molecule has 1 amide bonds. The number of hydrogen-bond donors (Lipinski definition) is 2. The number of amides is 1.